The van der Waals surface area contributed by atoms with Crippen LogP contribution in [0.2, 0.25) is 0 Å². The number of nitrogens with zero attached hydrogens (tertiary/aromatic N) is 1. The Balaban J connectivity index is 1.54. The first kappa shape index (κ1) is 20.2. The Morgan fingerprint density at radius 2 is 1.86 bits per heavy atom. The normalized spacial score (nSPS) is 16.7. The molecule has 0 unspecified atom stereocenters. The lowest BCUT2D eigenvalue weighted by Crippen LogP contribution is -2.38. The van der Waals surface area contributed by atoms with E-state index >= 15 is 0 Å². The van der Waals surface area contributed by atoms with Gasteiger partial charge in [-0.25, -0.2) is 0 Å². The van der Waals surface area contributed by atoms with Gasteiger partial charge in [0.25, 0.3) is 5.91 Å². The molecule has 4 nitrogen and oxygen atoms in total. The van der Waals surface area contributed by atoms with E-state index in [-0.39, 0.29) is 11.9 Å². The molecule has 3 aromatic rings. The molecule has 0 radical (unpaired) electrons. The molecule has 0 aliphatic carbocycles. The minimum Gasteiger partial charge on any atom is -0.450 e. The van der Waals surface area contributed by atoms with Crippen molar-refractivity contribution in [3.8, 4) is 0 Å². The van der Waals surface area contributed by atoms with Crippen LogP contribution >= 0.6 is 11.3 Å². The summed E-state index contributed by atoms with van der Waals surface area (Å²) in [5.74, 6) is 0.321. The summed E-state index contributed by atoms with van der Waals surface area (Å²) in [7, 11) is 0. The van der Waals surface area contributed by atoms with E-state index in [1.165, 1.54) is 36.1 Å². The third-order valence-electron chi connectivity index (χ3n) is 6.24. The molecular formula is C24H30N2O2S. The van der Waals surface area contributed by atoms with Crippen molar-refractivity contribution in [1.82, 2.24) is 10.2 Å². The molecule has 1 saturated heterocycles. The number of amides is 1. The van der Waals surface area contributed by atoms with Gasteiger partial charge in [0.15, 0.2) is 5.76 Å². The number of thiophene rings is 1. The first-order valence-electron chi connectivity index (χ1n) is 10.6. The molecule has 3 heterocycles. The molecule has 1 aromatic carbocycles. The summed E-state index contributed by atoms with van der Waals surface area (Å²) >= 11 is 1.77. The fraction of sp³-hybridized carbons (Fsp3) is 0.458. The second-order valence-corrected chi connectivity index (χ2v) is 9.11. The highest BCUT2D eigenvalue weighted by Crippen LogP contribution is 2.30. The van der Waals surface area contributed by atoms with Crippen LogP contribution in [0.3, 0.4) is 0 Å². The number of hydrogen-bond acceptors (Lipinski definition) is 4. The molecule has 5 heteroatoms. The number of furan rings is 1. The predicted octanol–water partition coefficient (Wildman–Crippen LogP) is 5.77. The molecule has 1 aliphatic heterocycles. The van der Waals surface area contributed by atoms with Crippen LogP contribution in [0.25, 0.3) is 11.0 Å². The molecule has 1 atom stereocenters. The van der Waals surface area contributed by atoms with Crippen LogP contribution in [0.4, 0.5) is 0 Å². The number of fused-ring (bicyclic) bond motifs is 1. The van der Waals surface area contributed by atoms with Gasteiger partial charge < -0.3 is 9.73 Å². The number of benzene rings is 1. The molecule has 1 aliphatic rings. The van der Waals surface area contributed by atoms with Crippen LogP contribution in [0, 0.1) is 20.8 Å². The van der Waals surface area contributed by atoms with Gasteiger partial charge >= 0.3 is 0 Å². The van der Waals surface area contributed by atoms with Gasteiger partial charge in [0.1, 0.15) is 5.58 Å². The lowest BCUT2D eigenvalue weighted by molar-refractivity contribution is 0.0907. The zero-order valence-electron chi connectivity index (χ0n) is 17.6. The first-order chi connectivity index (χ1) is 14.1. The summed E-state index contributed by atoms with van der Waals surface area (Å²) in [5, 5.41) is 6.32. The first-order valence-corrected chi connectivity index (χ1v) is 11.5. The minimum atomic E-state index is -0.118. The lowest BCUT2D eigenvalue weighted by Gasteiger charge is -2.30. The van der Waals surface area contributed by atoms with Gasteiger partial charge in [0.05, 0.1) is 6.04 Å². The quantitative estimate of drug-likeness (QED) is 0.581. The van der Waals surface area contributed by atoms with Gasteiger partial charge in [-0.15, -0.1) is 11.3 Å². The summed E-state index contributed by atoms with van der Waals surface area (Å²) in [6.45, 7) is 8.89. The van der Waals surface area contributed by atoms with Crippen LogP contribution in [0.15, 0.2) is 34.1 Å². The Bertz CT molecular complexity index is 982. The van der Waals surface area contributed by atoms with Crippen LogP contribution in [-0.2, 0) is 0 Å². The fourth-order valence-corrected chi connectivity index (χ4v) is 5.16. The number of likely N-dealkylation sites (tertiary alicyclic amines) is 1. The molecular weight excluding hydrogens is 380 g/mol. The van der Waals surface area contributed by atoms with Crippen molar-refractivity contribution in [3.63, 3.8) is 0 Å². The van der Waals surface area contributed by atoms with Crippen LogP contribution in [0.5, 0.6) is 0 Å². The highest BCUT2D eigenvalue weighted by atomic mass is 32.1. The Morgan fingerprint density at radius 3 is 2.55 bits per heavy atom. The zero-order chi connectivity index (χ0) is 20.4. The van der Waals surface area contributed by atoms with Gasteiger partial charge in [0, 0.05) is 22.4 Å². The Kier molecular flexibility index (Phi) is 6.07. The standard InChI is InChI=1S/C24H30N2O2S/c1-16-10-11-19-18(3)23(28-22(19)17(16)2)24(27)25-15-20(21-9-8-14-29-21)26-12-6-4-5-7-13-26/h8-11,14,20H,4-7,12-13,15H2,1-3H3,(H,25,27)/t20-/m0/s1. The molecule has 0 saturated carbocycles. The summed E-state index contributed by atoms with van der Waals surface area (Å²) in [5.41, 5.74) is 4.03. The summed E-state index contributed by atoms with van der Waals surface area (Å²) in [4.78, 5) is 16.9. The van der Waals surface area contributed by atoms with Crippen LogP contribution in [-0.4, -0.2) is 30.4 Å². The number of carbonyl (C=O) groups is 1. The van der Waals surface area contributed by atoms with Gasteiger partial charge in [-0.1, -0.05) is 31.0 Å². The van der Waals surface area contributed by atoms with Gasteiger partial charge in [-0.2, -0.15) is 0 Å². The predicted molar refractivity (Wildman–Crippen MR) is 120 cm³/mol. The van der Waals surface area contributed by atoms with E-state index in [2.05, 4.69) is 53.7 Å². The average Bonchev–Trinajstić information content (AvgIpc) is 3.27. The van der Waals surface area contributed by atoms with Gasteiger partial charge in [-0.3, -0.25) is 9.69 Å². The molecule has 1 N–H and O–H groups in total. The van der Waals surface area contributed by atoms with E-state index in [0.717, 1.165) is 35.2 Å². The summed E-state index contributed by atoms with van der Waals surface area (Å²) in [6.07, 6.45) is 5.07. The lowest BCUT2D eigenvalue weighted by atomic mass is 10.0. The monoisotopic (exact) mass is 410 g/mol. The number of rotatable bonds is 5. The summed E-state index contributed by atoms with van der Waals surface area (Å²) in [6, 6.07) is 8.66. The third-order valence-corrected chi connectivity index (χ3v) is 7.21. The number of aryl methyl sites for hydroxylation is 3. The van der Waals surface area contributed by atoms with Crippen molar-refractivity contribution >= 4 is 28.2 Å². The molecule has 1 fully saturated rings. The smallest absolute Gasteiger partial charge is 0.287 e. The van der Waals surface area contributed by atoms with E-state index in [4.69, 9.17) is 4.42 Å². The highest BCUT2D eigenvalue weighted by Gasteiger charge is 2.25. The fourth-order valence-electron chi connectivity index (χ4n) is 4.30. The van der Waals surface area contributed by atoms with Crippen molar-refractivity contribution in [2.45, 2.75) is 52.5 Å². The minimum absolute atomic E-state index is 0.118. The van der Waals surface area contributed by atoms with Crippen molar-refractivity contribution in [2.24, 2.45) is 0 Å². The highest BCUT2D eigenvalue weighted by molar-refractivity contribution is 7.10. The van der Waals surface area contributed by atoms with E-state index in [0.29, 0.717) is 12.3 Å². The van der Waals surface area contributed by atoms with Crippen molar-refractivity contribution in [1.29, 1.82) is 0 Å². The van der Waals surface area contributed by atoms with E-state index in [9.17, 15) is 4.79 Å². The molecule has 2 aromatic heterocycles. The average molecular weight is 411 g/mol. The van der Waals surface area contributed by atoms with E-state index in [1.807, 2.05) is 6.92 Å². The second-order valence-electron chi connectivity index (χ2n) is 8.13. The SMILES string of the molecule is Cc1ccc2c(C)c(C(=O)NC[C@@H](c3cccs3)N3CCCCCC3)oc2c1C. The van der Waals surface area contributed by atoms with Gasteiger partial charge in [0.2, 0.25) is 0 Å². The van der Waals surface area contributed by atoms with Gasteiger partial charge in [-0.05, 0) is 69.3 Å². The number of nitrogens with one attached hydrogen (secondary N) is 1. The van der Waals surface area contributed by atoms with Crippen molar-refractivity contribution in [2.75, 3.05) is 19.6 Å². The second kappa shape index (κ2) is 8.72. The topological polar surface area (TPSA) is 45.5 Å². The maximum Gasteiger partial charge on any atom is 0.287 e. The Morgan fingerprint density at radius 1 is 1.10 bits per heavy atom. The number of carbonyl (C=O) groups excluding carboxylic acids is 1. The van der Waals surface area contributed by atoms with Crippen molar-refractivity contribution < 1.29 is 9.21 Å². The van der Waals surface area contributed by atoms with Crippen LogP contribution < -0.4 is 5.32 Å². The van der Waals surface area contributed by atoms with Crippen molar-refractivity contribution in [3.05, 3.63) is 57.0 Å². The molecule has 1 amide bonds. The molecule has 0 spiro atoms. The molecule has 154 valence electrons. The summed E-state index contributed by atoms with van der Waals surface area (Å²) < 4.78 is 6.04. The molecule has 0 bridgehead atoms. The molecule has 4 rings (SSSR count). The van der Waals surface area contributed by atoms with E-state index in [1.54, 1.807) is 11.3 Å². The third kappa shape index (κ3) is 4.12. The van der Waals surface area contributed by atoms with E-state index < -0.39 is 0 Å². The number of hydrogen-bond donors (Lipinski definition) is 1. The Labute approximate surface area is 176 Å². The zero-order valence-corrected chi connectivity index (χ0v) is 18.4. The Hall–Kier alpha value is -2.11. The van der Waals surface area contributed by atoms with Crippen LogP contribution in [0.1, 0.15) is 63.8 Å². The molecule has 29 heavy (non-hydrogen) atoms. The maximum atomic E-state index is 13.0. The largest absolute Gasteiger partial charge is 0.450 e. The maximum absolute atomic E-state index is 13.0.